The quantitative estimate of drug-likeness (QED) is 0.660. The van der Waals surface area contributed by atoms with Crippen molar-refractivity contribution < 1.29 is 0 Å². The lowest BCUT2D eigenvalue weighted by Gasteiger charge is -2.24. The van der Waals surface area contributed by atoms with E-state index in [0.717, 1.165) is 11.8 Å². The Morgan fingerprint density at radius 1 is 0.875 bits per heavy atom. The van der Waals surface area contributed by atoms with E-state index in [2.05, 4.69) is 59.7 Å². The Morgan fingerprint density at radius 2 is 1.38 bits per heavy atom. The van der Waals surface area contributed by atoms with Gasteiger partial charge in [-0.3, -0.25) is 0 Å². The van der Waals surface area contributed by atoms with Crippen LogP contribution < -0.4 is 0 Å². The lowest BCUT2D eigenvalue weighted by Crippen LogP contribution is -2.10. The molecule has 1 unspecified atom stereocenters. The van der Waals surface area contributed by atoms with Crippen LogP contribution in [0.2, 0.25) is 0 Å². The van der Waals surface area contributed by atoms with Crippen LogP contribution in [0.15, 0.2) is 18.2 Å². The summed E-state index contributed by atoms with van der Waals surface area (Å²) in [6, 6.07) is 6.98. The molecule has 0 aliphatic carbocycles. The van der Waals surface area contributed by atoms with Crippen molar-refractivity contribution in [3.63, 3.8) is 0 Å². The van der Waals surface area contributed by atoms with E-state index in [1.807, 2.05) is 0 Å². The fraction of sp³-hybridized carbons (Fsp3) is 0.625. The fourth-order valence-corrected chi connectivity index (χ4v) is 2.52. The summed E-state index contributed by atoms with van der Waals surface area (Å²) in [5.74, 6) is 2.20. The third-order valence-corrected chi connectivity index (χ3v) is 3.20. The second kappa shape index (κ2) is 5.52. The van der Waals surface area contributed by atoms with Crippen LogP contribution in [-0.2, 0) is 0 Å². The minimum absolute atomic E-state index is 0.707. The summed E-state index contributed by atoms with van der Waals surface area (Å²) in [6.07, 6.45) is 1.29. The Kier molecular flexibility index (Phi) is 4.58. The van der Waals surface area contributed by atoms with Gasteiger partial charge in [0.25, 0.3) is 0 Å². The van der Waals surface area contributed by atoms with Crippen molar-refractivity contribution in [2.75, 3.05) is 0 Å². The zero-order valence-electron chi connectivity index (χ0n) is 11.7. The monoisotopic (exact) mass is 218 g/mol. The predicted octanol–water partition coefficient (Wildman–Crippen LogP) is 5.09. The molecule has 0 aliphatic rings. The highest BCUT2D eigenvalue weighted by Crippen LogP contribution is 2.31. The fourth-order valence-electron chi connectivity index (χ4n) is 2.52. The molecule has 0 saturated heterocycles. The number of hydrogen-bond acceptors (Lipinski definition) is 0. The molecule has 0 N–H and O–H groups in total. The minimum atomic E-state index is 0.707. The summed E-state index contributed by atoms with van der Waals surface area (Å²) in [6.45, 7) is 13.7. The number of benzene rings is 1. The van der Waals surface area contributed by atoms with E-state index in [9.17, 15) is 0 Å². The van der Waals surface area contributed by atoms with Gasteiger partial charge in [-0.05, 0) is 43.6 Å². The summed E-state index contributed by atoms with van der Waals surface area (Å²) in [4.78, 5) is 0. The van der Waals surface area contributed by atoms with Crippen molar-refractivity contribution in [3.05, 3.63) is 34.9 Å². The van der Waals surface area contributed by atoms with Crippen LogP contribution in [-0.4, -0.2) is 0 Å². The highest BCUT2D eigenvalue weighted by atomic mass is 14.2. The van der Waals surface area contributed by atoms with Crippen LogP contribution in [0.25, 0.3) is 0 Å². The molecule has 0 nitrogen and oxygen atoms in total. The van der Waals surface area contributed by atoms with Gasteiger partial charge in [-0.1, -0.05) is 57.0 Å². The maximum Gasteiger partial charge on any atom is -0.0136 e. The number of hydrogen-bond donors (Lipinski definition) is 0. The molecule has 1 rings (SSSR count). The molecule has 0 amide bonds. The normalized spacial score (nSPS) is 13.5. The van der Waals surface area contributed by atoms with Crippen molar-refractivity contribution in [1.82, 2.24) is 0 Å². The zero-order valence-corrected chi connectivity index (χ0v) is 11.7. The van der Waals surface area contributed by atoms with Gasteiger partial charge in [-0.15, -0.1) is 0 Å². The van der Waals surface area contributed by atoms with E-state index in [4.69, 9.17) is 0 Å². The van der Waals surface area contributed by atoms with Crippen LogP contribution >= 0.6 is 0 Å². The molecule has 16 heavy (non-hydrogen) atoms. The van der Waals surface area contributed by atoms with E-state index in [-0.39, 0.29) is 0 Å². The van der Waals surface area contributed by atoms with Crippen LogP contribution in [0.1, 0.15) is 56.7 Å². The van der Waals surface area contributed by atoms with Gasteiger partial charge in [0.1, 0.15) is 0 Å². The first kappa shape index (κ1) is 13.3. The van der Waals surface area contributed by atoms with E-state index >= 15 is 0 Å². The van der Waals surface area contributed by atoms with Crippen LogP contribution in [0.3, 0.4) is 0 Å². The van der Waals surface area contributed by atoms with Crippen molar-refractivity contribution in [1.29, 1.82) is 0 Å². The molecule has 1 atom stereocenters. The summed E-state index contributed by atoms with van der Waals surface area (Å²) in [5.41, 5.74) is 4.31. The molecule has 0 heteroatoms. The van der Waals surface area contributed by atoms with Gasteiger partial charge < -0.3 is 0 Å². The molecule has 90 valence electrons. The molecule has 0 aliphatic heterocycles. The summed E-state index contributed by atoms with van der Waals surface area (Å²) >= 11 is 0. The third kappa shape index (κ3) is 3.66. The van der Waals surface area contributed by atoms with E-state index in [1.54, 1.807) is 0 Å². The van der Waals surface area contributed by atoms with Gasteiger partial charge in [-0.25, -0.2) is 0 Å². The molecular weight excluding hydrogens is 192 g/mol. The summed E-state index contributed by atoms with van der Waals surface area (Å²) < 4.78 is 0. The predicted molar refractivity (Wildman–Crippen MR) is 73.0 cm³/mol. The number of rotatable bonds is 4. The van der Waals surface area contributed by atoms with Gasteiger partial charge in [0.05, 0.1) is 0 Å². The van der Waals surface area contributed by atoms with Gasteiger partial charge >= 0.3 is 0 Å². The summed E-state index contributed by atoms with van der Waals surface area (Å²) in [5, 5.41) is 0. The summed E-state index contributed by atoms with van der Waals surface area (Å²) in [7, 11) is 0. The average molecular weight is 218 g/mol. The topological polar surface area (TPSA) is 0 Å². The van der Waals surface area contributed by atoms with Crippen LogP contribution in [0, 0.1) is 25.7 Å². The standard InChI is InChI=1S/C16H26/c1-11(2)7-16(12(3)4)15-9-13(5)8-14(6)10-15/h8-12,16H,7H2,1-6H3. The van der Waals surface area contributed by atoms with Crippen LogP contribution in [0.4, 0.5) is 0 Å². The van der Waals surface area contributed by atoms with Gasteiger partial charge in [0.15, 0.2) is 0 Å². The maximum absolute atomic E-state index is 2.36. The van der Waals surface area contributed by atoms with Gasteiger partial charge in [-0.2, -0.15) is 0 Å². The molecule has 0 aromatic heterocycles. The average Bonchev–Trinajstić information content (AvgIpc) is 2.11. The molecular formula is C16H26. The first-order chi connectivity index (χ1) is 7.40. The zero-order chi connectivity index (χ0) is 12.3. The van der Waals surface area contributed by atoms with Gasteiger partial charge in [0, 0.05) is 0 Å². The lowest BCUT2D eigenvalue weighted by molar-refractivity contribution is 0.407. The Balaban J connectivity index is 3.00. The Morgan fingerprint density at radius 3 is 1.75 bits per heavy atom. The largest absolute Gasteiger partial charge is 0.0628 e. The van der Waals surface area contributed by atoms with Crippen molar-refractivity contribution in [3.8, 4) is 0 Å². The Bertz CT molecular complexity index is 314. The van der Waals surface area contributed by atoms with E-state index < -0.39 is 0 Å². The molecule has 0 spiro atoms. The smallest absolute Gasteiger partial charge is 0.0136 e. The van der Waals surface area contributed by atoms with Crippen molar-refractivity contribution in [2.45, 2.75) is 53.9 Å². The molecule has 0 fully saturated rings. The molecule has 0 radical (unpaired) electrons. The molecule has 0 saturated carbocycles. The van der Waals surface area contributed by atoms with E-state index in [1.165, 1.54) is 23.1 Å². The first-order valence-electron chi connectivity index (χ1n) is 6.48. The van der Waals surface area contributed by atoms with Crippen molar-refractivity contribution in [2.24, 2.45) is 11.8 Å². The molecule has 1 aromatic carbocycles. The molecule has 0 bridgehead atoms. The van der Waals surface area contributed by atoms with Crippen molar-refractivity contribution >= 4 is 0 Å². The second-order valence-corrected chi connectivity index (χ2v) is 5.90. The van der Waals surface area contributed by atoms with E-state index in [0.29, 0.717) is 5.92 Å². The third-order valence-electron chi connectivity index (χ3n) is 3.20. The highest BCUT2D eigenvalue weighted by molar-refractivity contribution is 5.31. The SMILES string of the molecule is Cc1cc(C)cc(C(CC(C)C)C(C)C)c1. The van der Waals surface area contributed by atoms with Crippen LogP contribution in [0.5, 0.6) is 0 Å². The maximum atomic E-state index is 2.36. The highest BCUT2D eigenvalue weighted by Gasteiger charge is 2.17. The minimum Gasteiger partial charge on any atom is -0.0628 e. The first-order valence-corrected chi connectivity index (χ1v) is 6.48. The second-order valence-electron chi connectivity index (χ2n) is 5.90. The van der Waals surface area contributed by atoms with Gasteiger partial charge in [0.2, 0.25) is 0 Å². The molecule has 1 aromatic rings. The number of aryl methyl sites for hydroxylation is 2. The molecule has 0 heterocycles. The Hall–Kier alpha value is -0.780. The lowest BCUT2D eigenvalue weighted by atomic mass is 9.81. The Labute approximate surface area is 101 Å².